The smallest absolute Gasteiger partial charge is 0.313 e. The lowest BCUT2D eigenvalue weighted by molar-refractivity contribution is -0.145. The molecule has 0 radical (unpaired) electrons. The van der Waals surface area contributed by atoms with Gasteiger partial charge in [-0.15, -0.1) is 17.9 Å². The summed E-state index contributed by atoms with van der Waals surface area (Å²) in [6.45, 7) is 6.01. The van der Waals surface area contributed by atoms with E-state index >= 15 is 0 Å². The van der Waals surface area contributed by atoms with Gasteiger partial charge in [0.15, 0.2) is 10.9 Å². The van der Waals surface area contributed by atoms with Crippen molar-refractivity contribution in [2.24, 2.45) is 0 Å². The third kappa shape index (κ3) is 4.32. The average molecular weight is 407 g/mol. The van der Waals surface area contributed by atoms with Crippen LogP contribution in [0, 0.1) is 0 Å². The Labute approximate surface area is 165 Å². The molecule has 3 rings (SSSR count). The van der Waals surface area contributed by atoms with Crippen molar-refractivity contribution < 1.29 is 14.3 Å². The van der Waals surface area contributed by atoms with Gasteiger partial charge in [0.05, 0.1) is 17.7 Å². The van der Waals surface area contributed by atoms with Gasteiger partial charge in [0.1, 0.15) is 11.3 Å². The molecule has 0 N–H and O–H groups in total. The van der Waals surface area contributed by atoms with Gasteiger partial charge in [0, 0.05) is 11.4 Å². The van der Waals surface area contributed by atoms with E-state index in [0.29, 0.717) is 11.7 Å². The molecule has 2 aromatic rings. The average Bonchev–Trinajstić information content (AvgIpc) is 3.01. The minimum Gasteiger partial charge on any atom is -0.466 e. The van der Waals surface area contributed by atoms with Crippen molar-refractivity contribution in [3.63, 3.8) is 0 Å². The number of thiophene rings is 1. The maximum Gasteiger partial charge on any atom is 0.313 e. The third-order valence-corrected chi connectivity index (χ3v) is 6.58. The van der Waals surface area contributed by atoms with Crippen molar-refractivity contribution in [2.45, 2.75) is 50.7 Å². The number of esters is 1. The first-order chi connectivity index (χ1) is 13.0. The minimum absolute atomic E-state index is 0.0684. The molecule has 27 heavy (non-hydrogen) atoms. The van der Waals surface area contributed by atoms with E-state index in [1.807, 2.05) is 0 Å². The van der Waals surface area contributed by atoms with Gasteiger partial charge in [0.25, 0.3) is 5.56 Å². The van der Waals surface area contributed by atoms with Gasteiger partial charge in [-0.2, -0.15) is 0 Å². The molecule has 0 bridgehead atoms. The van der Waals surface area contributed by atoms with Crippen LogP contribution in [0.15, 0.2) is 22.6 Å². The number of hydrogen-bond donors (Lipinski definition) is 0. The molecule has 0 amide bonds. The van der Waals surface area contributed by atoms with Gasteiger partial charge in [-0.05, 0) is 38.2 Å². The predicted molar refractivity (Wildman–Crippen MR) is 108 cm³/mol. The number of carbonyl (C=O) groups excluding carboxylic acids is 2. The highest BCUT2D eigenvalue weighted by atomic mass is 32.2. The number of rotatable bonds is 8. The van der Waals surface area contributed by atoms with Crippen LogP contribution >= 0.6 is 23.1 Å². The first-order valence-electron chi connectivity index (χ1n) is 9.01. The Balaban J connectivity index is 1.89. The summed E-state index contributed by atoms with van der Waals surface area (Å²) in [5.74, 6) is -0.705. The second-order valence-corrected chi connectivity index (χ2v) is 8.33. The first kappa shape index (κ1) is 19.8. The molecule has 144 valence electrons. The standard InChI is InChI=1S/C19H22N2O4S2/c1-3-9-21-18(24)16-13-7-5-6-8-14(13)27-17(16)20-19(21)26-11-12(22)10-15(23)25-4-2/h3H,1,4-11H2,2H3. The molecule has 8 heteroatoms. The van der Waals surface area contributed by atoms with Gasteiger partial charge < -0.3 is 4.74 Å². The fourth-order valence-corrected chi connectivity index (χ4v) is 5.36. The van der Waals surface area contributed by atoms with Crippen molar-refractivity contribution in [3.8, 4) is 0 Å². The van der Waals surface area contributed by atoms with Crippen molar-refractivity contribution >= 4 is 45.1 Å². The highest BCUT2D eigenvalue weighted by molar-refractivity contribution is 7.99. The summed E-state index contributed by atoms with van der Waals surface area (Å²) in [6.07, 6.45) is 5.55. The fraction of sp³-hybridized carbons (Fsp3) is 0.474. The molecule has 0 aromatic carbocycles. The summed E-state index contributed by atoms with van der Waals surface area (Å²) in [7, 11) is 0. The van der Waals surface area contributed by atoms with Crippen LogP contribution in [0.25, 0.3) is 10.2 Å². The predicted octanol–water partition coefficient (Wildman–Crippen LogP) is 3.14. The van der Waals surface area contributed by atoms with E-state index in [1.165, 1.54) is 16.6 Å². The third-order valence-electron chi connectivity index (χ3n) is 4.36. The topological polar surface area (TPSA) is 78.3 Å². The Bertz CT molecular complexity index is 945. The number of nitrogens with zero attached hydrogens (tertiary/aromatic N) is 2. The molecule has 0 aliphatic heterocycles. The van der Waals surface area contributed by atoms with Crippen LogP contribution in [-0.2, 0) is 33.7 Å². The number of ketones is 1. The Morgan fingerprint density at radius 3 is 2.89 bits per heavy atom. The monoisotopic (exact) mass is 406 g/mol. The lowest BCUT2D eigenvalue weighted by atomic mass is 9.97. The lowest BCUT2D eigenvalue weighted by Gasteiger charge is -2.12. The molecule has 0 spiro atoms. The normalized spacial score (nSPS) is 13.4. The maximum atomic E-state index is 13.1. The number of ether oxygens (including phenoxy) is 1. The summed E-state index contributed by atoms with van der Waals surface area (Å²) in [5.41, 5.74) is 1.08. The SMILES string of the molecule is C=CCn1c(SCC(=O)CC(=O)OCC)nc2sc3c(c2c1=O)CCCC3. The summed E-state index contributed by atoms with van der Waals surface area (Å²) in [4.78, 5) is 43.2. The minimum atomic E-state index is -0.527. The number of aromatic nitrogens is 2. The molecule has 2 aromatic heterocycles. The van der Waals surface area contributed by atoms with Crippen molar-refractivity contribution in [3.05, 3.63) is 33.4 Å². The van der Waals surface area contributed by atoms with Gasteiger partial charge in [-0.25, -0.2) is 4.98 Å². The van der Waals surface area contributed by atoms with Crippen LogP contribution in [0.1, 0.15) is 36.6 Å². The van der Waals surface area contributed by atoms with Crippen LogP contribution in [0.3, 0.4) is 0 Å². The van der Waals surface area contributed by atoms with Crippen LogP contribution in [-0.4, -0.2) is 33.7 Å². The largest absolute Gasteiger partial charge is 0.466 e. The number of allylic oxidation sites excluding steroid dienone is 1. The van der Waals surface area contributed by atoms with Crippen LogP contribution in [0.2, 0.25) is 0 Å². The quantitative estimate of drug-likeness (QED) is 0.220. The van der Waals surface area contributed by atoms with E-state index in [0.717, 1.165) is 41.5 Å². The number of thioether (sulfide) groups is 1. The number of hydrogen-bond acceptors (Lipinski definition) is 7. The van der Waals surface area contributed by atoms with Crippen molar-refractivity contribution in [1.29, 1.82) is 0 Å². The number of aryl methyl sites for hydroxylation is 2. The van der Waals surface area contributed by atoms with Gasteiger partial charge in [-0.1, -0.05) is 17.8 Å². The Morgan fingerprint density at radius 1 is 1.37 bits per heavy atom. The molecule has 0 unspecified atom stereocenters. The van der Waals surface area contributed by atoms with Crippen LogP contribution in [0.5, 0.6) is 0 Å². The molecular formula is C19H22N2O4S2. The van der Waals surface area contributed by atoms with Gasteiger partial charge in [-0.3, -0.25) is 19.0 Å². The highest BCUT2D eigenvalue weighted by Crippen LogP contribution is 2.34. The van der Waals surface area contributed by atoms with Crippen LogP contribution in [0.4, 0.5) is 0 Å². The molecule has 6 nitrogen and oxygen atoms in total. The lowest BCUT2D eigenvalue weighted by Crippen LogP contribution is -2.23. The molecule has 0 fully saturated rings. The van der Waals surface area contributed by atoms with Crippen molar-refractivity contribution in [2.75, 3.05) is 12.4 Å². The number of carbonyl (C=O) groups is 2. The van der Waals surface area contributed by atoms with E-state index < -0.39 is 5.97 Å². The molecule has 1 aliphatic carbocycles. The zero-order valence-corrected chi connectivity index (χ0v) is 16.9. The van der Waals surface area contributed by atoms with E-state index in [4.69, 9.17) is 4.74 Å². The summed E-state index contributed by atoms with van der Waals surface area (Å²) in [6, 6.07) is 0. The number of fused-ring (bicyclic) bond motifs is 3. The Kier molecular flexibility index (Phi) is 6.49. The van der Waals surface area contributed by atoms with Crippen LogP contribution < -0.4 is 5.56 Å². The summed E-state index contributed by atoms with van der Waals surface area (Å²) >= 11 is 2.77. The van der Waals surface area contributed by atoms with E-state index in [1.54, 1.807) is 28.9 Å². The summed E-state index contributed by atoms with van der Waals surface area (Å²) in [5, 5.41) is 1.21. The van der Waals surface area contributed by atoms with E-state index in [-0.39, 0.29) is 30.1 Å². The Morgan fingerprint density at radius 2 is 2.15 bits per heavy atom. The van der Waals surface area contributed by atoms with Gasteiger partial charge in [0.2, 0.25) is 0 Å². The second-order valence-electron chi connectivity index (χ2n) is 6.30. The molecule has 0 saturated heterocycles. The molecular weight excluding hydrogens is 384 g/mol. The first-order valence-corrected chi connectivity index (χ1v) is 10.8. The van der Waals surface area contributed by atoms with E-state index in [2.05, 4.69) is 11.6 Å². The molecule has 2 heterocycles. The zero-order chi connectivity index (χ0) is 19.4. The van der Waals surface area contributed by atoms with Crippen molar-refractivity contribution in [1.82, 2.24) is 9.55 Å². The highest BCUT2D eigenvalue weighted by Gasteiger charge is 2.22. The van der Waals surface area contributed by atoms with Gasteiger partial charge >= 0.3 is 5.97 Å². The fourth-order valence-electron chi connectivity index (χ4n) is 3.19. The molecule has 0 atom stereocenters. The number of Topliss-reactive ketones (excluding diaryl/α,β-unsaturated/α-hetero) is 1. The molecule has 0 saturated carbocycles. The summed E-state index contributed by atoms with van der Waals surface area (Å²) < 4.78 is 6.37. The Hall–Kier alpha value is -1.93. The zero-order valence-electron chi connectivity index (χ0n) is 15.3. The second kappa shape index (κ2) is 8.84. The maximum absolute atomic E-state index is 13.1. The molecule has 1 aliphatic rings. The van der Waals surface area contributed by atoms with E-state index in [9.17, 15) is 14.4 Å².